The van der Waals surface area contributed by atoms with Crippen LogP contribution in [-0.4, -0.2) is 37.7 Å². The van der Waals surface area contributed by atoms with Crippen LogP contribution in [-0.2, 0) is 6.54 Å². The van der Waals surface area contributed by atoms with Crippen LogP contribution in [0.15, 0.2) is 48.7 Å². The van der Waals surface area contributed by atoms with Gasteiger partial charge in [0.05, 0.1) is 33.7 Å². The van der Waals surface area contributed by atoms with Crippen LogP contribution in [0.2, 0.25) is 0 Å². The Labute approximate surface area is 191 Å². The number of para-hydroxylation sites is 1. The Morgan fingerprint density at radius 1 is 1.06 bits per heavy atom. The van der Waals surface area contributed by atoms with E-state index in [1.807, 2.05) is 43.3 Å². The van der Waals surface area contributed by atoms with Crippen molar-refractivity contribution in [2.45, 2.75) is 38.8 Å². The smallest absolute Gasteiger partial charge is 0.225 e. The summed E-state index contributed by atoms with van der Waals surface area (Å²) in [5.74, 6) is 1.71. The Hall–Kier alpha value is -3.10. The lowest BCUT2D eigenvalue weighted by Gasteiger charge is -2.18. The first-order chi connectivity index (χ1) is 15.7. The van der Waals surface area contributed by atoms with Crippen LogP contribution in [0.4, 0.5) is 11.8 Å². The van der Waals surface area contributed by atoms with Gasteiger partial charge < -0.3 is 15.7 Å². The molecule has 32 heavy (non-hydrogen) atoms. The fraction of sp³-hybridized carbons (Fsp3) is 0.333. The molecule has 0 radical (unpaired) electrons. The van der Waals surface area contributed by atoms with E-state index in [2.05, 4.69) is 21.7 Å². The lowest BCUT2D eigenvalue weighted by Crippen LogP contribution is -2.19. The molecule has 0 aliphatic heterocycles. The van der Waals surface area contributed by atoms with Crippen molar-refractivity contribution in [2.24, 2.45) is 5.92 Å². The molecule has 0 amide bonds. The number of rotatable bonds is 7. The van der Waals surface area contributed by atoms with Crippen molar-refractivity contribution in [3.05, 3.63) is 60.0 Å². The van der Waals surface area contributed by atoms with Gasteiger partial charge in [-0.2, -0.15) is 4.98 Å². The summed E-state index contributed by atoms with van der Waals surface area (Å²) in [7, 11) is 0. The van der Waals surface area contributed by atoms with Crippen molar-refractivity contribution in [1.82, 2.24) is 19.9 Å². The normalized spacial score (nSPS) is 18.2. The Kier molecular flexibility index (Phi) is 5.96. The van der Waals surface area contributed by atoms with Gasteiger partial charge in [-0.05, 0) is 56.4 Å². The number of hydrogen-bond acceptors (Lipinski definition) is 8. The van der Waals surface area contributed by atoms with Crippen LogP contribution in [0, 0.1) is 12.8 Å². The highest BCUT2D eigenvalue weighted by Crippen LogP contribution is 2.37. The standard InChI is InChI=1S/C24H26N6OS/c1-15-21(23-29-19-7-2-3-8-20(19)32-23)22(28-17-10-9-16(12-17)14-31)30-24(27-15)26-13-18-6-4-5-11-25-18/h2-8,11,16-17,31H,9-10,12-14H2,1H3,(H2,26,27,28,30)/t16?,17-/m0/s1. The maximum atomic E-state index is 9.55. The zero-order valence-corrected chi connectivity index (χ0v) is 18.8. The number of aryl methyl sites for hydroxylation is 1. The van der Waals surface area contributed by atoms with Crippen molar-refractivity contribution in [3.8, 4) is 10.6 Å². The van der Waals surface area contributed by atoms with Crippen LogP contribution >= 0.6 is 11.3 Å². The molecule has 8 heteroatoms. The molecule has 164 valence electrons. The van der Waals surface area contributed by atoms with E-state index in [1.54, 1.807) is 17.5 Å². The molecule has 1 aliphatic carbocycles. The lowest BCUT2D eigenvalue weighted by atomic mass is 10.1. The quantitative estimate of drug-likeness (QED) is 0.380. The first-order valence-corrected chi connectivity index (χ1v) is 11.8. The number of aliphatic hydroxyl groups excluding tert-OH is 1. The van der Waals surface area contributed by atoms with Gasteiger partial charge in [0.15, 0.2) is 0 Å². The summed E-state index contributed by atoms with van der Waals surface area (Å²) in [5, 5.41) is 17.4. The van der Waals surface area contributed by atoms with Gasteiger partial charge in [-0.15, -0.1) is 11.3 Å². The fourth-order valence-corrected chi connectivity index (χ4v) is 5.29. The van der Waals surface area contributed by atoms with Crippen molar-refractivity contribution in [3.63, 3.8) is 0 Å². The highest BCUT2D eigenvalue weighted by atomic mass is 32.1. The van der Waals surface area contributed by atoms with Crippen molar-refractivity contribution >= 4 is 33.3 Å². The molecule has 1 aromatic carbocycles. The summed E-state index contributed by atoms with van der Waals surface area (Å²) in [6.07, 6.45) is 4.77. The van der Waals surface area contributed by atoms with E-state index < -0.39 is 0 Å². The number of benzene rings is 1. The molecule has 3 N–H and O–H groups in total. The first-order valence-electron chi connectivity index (χ1n) is 11.0. The summed E-state index contributed by atoms with van der Waals surface area (Å²) >= 11 is 1.66. The number of hydrogen-bond donors (Lipinski definition) is 3. The van der Waals surface area contributed by atoms with Crippen LogP contribution in [0.3, 0.4) is 0 Å². The molecule has 0 bridgehead atoms. The molecule has 4 aromatic rings. The minimum absolute atomic E-state index is 0.239. The molecule has 0 saturated heterocycles. The van der Waals surface area contributed by atoms with Gasteiger partial charge in [0.2, 0.25) is 5.95 Å². The maximum absolute atomic E-state index is 9.55. The molecule has 1 aliphatic rings. The zero-order valence-electron chi connectivity index (χ0n) is 18.0. The van der Waals surface area contributed by atoms with Gasteiger partial charge in [-0.3, -0.25) is 4.98 Å². The molecule has 3 heterocycles. The second-order valence-corrected chi connectivity index (χ2v) is 9.25. The van der Waals surface area contributed by atoms with Gasteiger partial charge in [0.25, 0.3) is 0 Å². The summed E-state index contributed by atoms with van der Waals surface area (Å²) in [4.78, 5) is 18.8. The molecule has 5 rings (SSSR count). The van der Waals surface area contributed by atoms with Gasteiger partial charge >= 0.3 is 0 Å². The SMILES string of the molecule is Cc1nc(NCc2ccccn2)nc(N[C@H]2CCC(CO)C2)c1-c1nc2ccccc2s1. The maximum Gasteiger partial charge on any atom is 0.225 e. The number of aliphatic hydroxyl groups is 1. The second kappa shape index (κ2) is 9.18. The minimum atomic E-state index is 0.239. The summed E-state index contributed by atoms with van der Waals surface area (Å²) in [5.41, 5.74) is 3.74. The van der Waals surface area contributed by atoms with E-state index in [4.69, 9.17) is 15.0 Å². The van der Waals surface area contributed by atoms with Gasteiger partial charge in [0.1, 0.15) is 10.8 Å². The summed E-state index contributed by atoms with van der Waals surface area (Å²) in [6.45, 7) is 2.80. The third-order valence-corrected chi connectivity index (χ3v) is 6.95. The molecule has 1 unspecified atom stereocenters. The van der Waals surface area contributed by atoms with Crippen LogP contribution in [0.5, 0.6) is 0 Å². The highest BCUT2D eigenvalue weighted by Gasteiger charge is 2.26. The van der Waals surface area contributed by atoms with E-state index in [-0.39, 0.29) is 12.6 Å². The summed E-state index contributed by atoms with van der Waals surface area (Å²) in [6, 6.07) is 14.3. The van der Waals surface area contributed by atoms with Crippen LogP contribution < -0.4 is 10.6 Å². The van der Waals surface area contributed by atoms with Crippen LogP contribution in [0.1, 0.15) is 30.7 Å². The number of aromatic nitrogens is 4. The number of nitrogens with zero attached hydrogens (tertiary/aromatic N) is 4. The van der Waals surface area contributed by atoms with Crippen molar-refractivity contribution in [2.75, 3.05) is 17.2 Å². The van der Waals surface area contributed by atoms with Crippen molar-refractivity contribution < 1.29 is 5.11 Å². The third kappa shape index (κ3) is 4.42. The van der Waals surface area contributed by atoms with Gasteiger partial charge in [-0.1, -0.05) is 18.2 Å². The first kappa shape index (κ1) is 20.8. The third-order valence-electron chi connectivity index (χ3n) is 5.89. The molecule has 3 aromatic heterocycles. The molecular weight excluding hydrogens is 420 g/mol. The molecule has 1 saturated carbocycles. The fourth-order valence-electron chi connectivity index (χ4n) is 4.23. The Morgan fingerprint density at radius 2 is 1.94 bits per heavy atom. The monoisotopic (exact) mass is 446 g/mol. The predicted octanol–water partition coefficient (Wildman–Crippen LogP) is 4.64. The number of anilines is 2. The van der Waals surface area contributed by atoms with Gasteiger partial charge in [0, 0.05) is 18.8 Å². The number of nitrogens with one attached hydrogen (secondary N) is 2. The average Bonchev–Trinajstić information content (AvgIpc) is 3.44. The predicted molar refractivity (Wildman–Crippen MR) is 129 cm³/mol. The van der Waals surface area contributed by atoms with E-state index in [0.717, 1.165) is 57.3 Å². The van der Waals surface area contributed by atoms with E-state index >= 15 is 0 Å². The number of fused-ring (bicyclic) bond motifs is 1. The number of thiazole rings is 1. The molecule has 2 atom stereocenters. The second-order valence-electron chi connectivity index (χ2n) is 8.22. The zero-order chi connectivity index (χ0) is 21.9. The van der Waals surface area contributed by atoms with Crippen molar-refractivity contribution in [1.29, 1.82) is 0 Å². The minimum Gasteiger partial charge on any atom is -0.396 e. The largest absolute Gasteiger partial charge is 0.396 e. The van der Waals surface area contributed by atoms with Gasteiger partial charge in [-0.25, -0.2) is 9.97 Å². The number of pyridine rings is 1. The topological polar surface area (TPSA) is 95.9 Å². The molecular formula is C24H26N6OS. The highest BCUT2D eigenvalue weighted by molar-refractivity contribution is 7.21. The Bertz CT molecular complexity index is 1180. The average molecular weight is 447 g/mol. The molecule has 1 fully saturated rings. The Morgan fingerprint density at radius 3 is 2.72 bits per heavy atom. The summed E-state index contributed by atoms with van der Waals surface area (Å²) < 4.78 is 1.14. The van der Waals surface area contributed by atoms with E-state index in [9.17, 15) is 5.11 Å². The molecule has 0 spiro atoms. The van der Waals surface area contributed by atoms with E-state index in [0.29, 0.717) is 18.4 Å². The van der Waals surface area contributed by atoms with E-state index in [1.165, 1.54) is 0 Å². The van der Waals surface area contributed by atoms with Crippen LogP contribution in [0.25, 0.3) is 20.8 Å². The Balaban J connectivity index is 1.49. The molecule has 7 nitrogen and oxygen atoms in total. The lowest BCUT2D eigenvalue weighted by molar-refractivity contribution is 0.229.